The maximum absolute atomic E-state index is 15.3. The standard InChI is InChI=1S/C27H28FN7OS/c1-16-5-6-19(18(28)12-16)35-21(23-30-10-11-37-23)33-34-24(35)26-13-27(14-26,15-26)32-22(36)17-7-9-29-20-4-3-8-31-25(17,20)2/h3-11,16,22,31-32,36H,12-15H2,1-2H3. The third-order valence-electron chi connectivity index (χ3n) is 8.41. The van der Waals surface area contributed by atoms with Gasteiger partial charge in [0.2, 0.25) is 0 Å². The number of aliphatic hydroxyl groups excluding tert-OH is 1. The number of fused-ring (bicyclic) bond motifs is 1. The Labute approximate surface area is 218 Å². The largest absolute Gasteiger partial charge is 0.377 e. The molecule has 8 nitrogen and oxygen atoms in total. The lowest BCUT2D eigenvalue weighted by Gasteiger charge is -2.70. The van der Waals surface area contributed by atoms with E-state index in [-0.39, 0.29) is 22.7 Å². The van der Waals surface area contributed by atoms with Crippen molar-refractivity contribution in [1.29, 1.82) is 0 Å². The number of hydrogen-bond acceptors (Lipinski definition) is 8. The van der Waals surface area contributed by atoms with Gasteiger partial charge in [0, 0.05) is 40.7 Å². The molecule has 2 aromatic rings. The van der Waals surface area contributed by atoms with Crippen LogP contribution in [-0.2, 0) is 5.41 Å². The minimum absolute atomic E-state index is 0.152. The summed E-state index contributed by atoms with van der Waals surface area (Å²) in [5, 5.41) is 29.8. The summed E-state index contributed by atoms with van der Waals surface area (Å²) in [5.41, 5.74) is 1.25. The van der Waals surface area contributed by atoms with Gasteiger partial charge in [-0.05, 0) is 62.6 Å². The second-order valence-electron chi connectivity index (χ2n) is 11.1. The second-order valence-corrected chi connectivity index (χ2v) is 12.0. The number of nitrogens with one attached hydrogen (secondary N) is 2. The van der Waals surface area contributed by atoms with Gasteiger partial charge in [-0.2, -0.15) is 0 Å². The third kappa shape index (κ3) is 3.32. The van der Waals surface area contributed by atoms with E-state index in [0.717, 1.165) is 41.4 Å². The Morgan fingerprint density at radius 2 is 2.11 bits per heavy atom. The van der Waals surface area contributed by atoms with E-state index < -0.39 is 11.8 Å². The zero-order valence-electron chi connectivity index (χ0n) is 20.6. The average molecular weight is 518 g/mol. The molecule has 4 heterocycles. The lowest BCUT2D eigenvalue weighted by atomic mass is 9.39. The number of thiazole rings is 1. The van der Waals surface area contributed by atoms with E-state index in [2.05, 4.69) is 30.8 Å². The first kappa shape index (κ1) is 22.9. The number of aromatic nitrogens is 4. The number of aliphatic imine (C=N–C) groups is 1. The van der Waals surface area contributed by atoms with Gasteiger partial charge in [0.15, 0.2) is 10.8 Å². The molecule has 2 aliphatic heterocycles. The lowest BCUT2D eigenvalue weighted by molar-refractivity contribution is -0.117. The van der Waals surface area contributed by atoms with Crippen LogP contribution in [0.5, 0.6) is 0 Å². The maximum Gasteiger partial charge on any atom is 0.197 e. The minimum Gasteiger partial charge on any atom is -0.377 e. The van der Waals surface area contributed by atoms with Crippen molar-refractivity contribution in [3.8, 4) is 10.8 Å². The Morgan fingerprint density at radius 1 is 1.27 bits per heavy atom. The van der Waals surface area contributed by atoms with Crippen LogP contribution in [0, 0.1) is 5.92 Å². The van der Waals surface area contributed by atoms with E-state index in [9.17, 15) is 5.11 Å². The summed E-state index contributed by atoms with van der Waals surface area (Å²) in [6, 6.07) is 0. The molecule has 0 amide bonds. The average Bonchev–Trinajstić information content (AvgIpc) is 3.50. The van der Waals surface area contributed by atoms with E-state index >= 15 is 4.39 Å². The SMILES string of the molecule is CC1C=CC(n2c(-c3nccs3)nnc2C23CC(NC(O)C4=CC=NC5=CC=CNC54C)(C2)C3)=C(F)C1. The van der Waals surface area contributed by atoms with Gasteiger partial charge in [-0.1, -0.05) is 13.0 Å². The number of dihydropyridines is 2. The highest BCUT2D eigenvalue weighted by molar-refractivity contribution is 7.13. The molecule has 3 fully saturated rings. The van der Waals surface area contributed by atoms with Crippen LogP contribution in [0.2, 0.25) is 0 Å². The summed E-state index contributed by atoms with van der Waals surface area (Å²) in [5.74, 6) is 1.36. The quantitative estimate of drug-likeness (QED) is 0.501. The summed E-state index contributed by atoms with van der Waals surface area (Å²) < 4.78 is 17.2. The van der Waals surface area contributed by atoms with E-state index in [1.807, 2.05) is 60.4 Å². The van der Waals surface area contributed by atoms with E-state index in [1.54, 1.807) is 12.4 Å². The molecule has 6 aliphatic rings. The molecule has 10 heteroatoms. The molecule has 3 saturated carbocycles. The van der Waals surface area contributed by atoms with Crippen molar-refractivity contribution in [2.24, 2.45) is 10.9 Å². The van der Waals surface area contributed by atoms with Gasteiger partial charge in [-0.15, -0.1) is 21.5 Å². The number of allylic oxidation sites excluding steroid dienone is 7. The minimum atomic E-state index is -0.830. The predicted molar refractivity (Wildman–Crippen MR) is 141 cm³/mol. The molecule has 2 bridgehead atoms. The van der Waals surface area contributed by atoms with E-state index in [4.69, 9.17) is 0 Å². The zero-order valence-corrected chi connectivity index (χ0v) is 21.5. The van der Waals surface area contributed by atoms with Crippen LogP contribution in [0.4, 0.5) is 4.39 Å². The Balaban J connectivity index is 1.16. The second kappa shape index (κ2) is 7.89. The van der Waals surface area contributed by atoms with Crippen LogP contribution in [0.25, 0.3) is 16.5 Å². The molecule has 37 heavy (non-hydrogen) atoms. The summed E-state index contributed by atoms with van der Waals surface area (Å²) >= 11 is 1.47. The van der Waals surface area contributed by atoms with Crippen molar-refractivity contribution in [2.75, 3.05) is 0 Å². The van der Waals surface area contributed by atoms with E-state index in [1.165, 1.54) is 11.3 Å². The summed E-state index contributed by atoms with van der Waals surface area (Å²) in [6.07, 6.45) is 16.9. The molecule has 0 spiro atoms. The normalized spacial score (nSPS) is 34.2. The van der Waals surface area contributed by atoms with Crippen LogP contribution >= 0.6 is 11.3 Å². The topological polar surface area (TPSA) is 100 Å². The molecule has 0 saturated heterocycles. The smallest absolute Gasteiger partial charge is 0.197 e. The number of nitrogens with zero attached hydrogens (tertiary/aromatic N) is 5. The fourth-order valence-electron chi connectivity index (χ4n) is 6.60. The van der Waals surface area contributed by atoms with Gasteiger partial charge in [-0.3, -0.25) is 14.9 Å². The molecule has 3 atom stereocenters. The van der Waals surface area contributed by atoms with Crippen molar-refractivity contribution in [3.05, 3.63) is 71.1 Å². The highest BCUT2D eigenvalue weighted by Gasteiger charge is 2.71. The Morgan fingerprint density at radius 3 is 2.86 bits per heavy atom. The van der Waals surface area contributed by atoms with Gasteiger partial charge < -0.3 is 10.4 Å². The fourth-order valence-corrected chi connectivity index (χ4v) is 7.21. The molecular weight excluding hydrogens is 489 g/mol. The van der Waals surface area contributed by atoms with Gasteiger partial charge >= 0.3 is 0 Å². The summed E-state index contributed by atoms with van der Waals surface area (Å²) in [6.45, 7) is 4.04. The van der Waals surface area contributed by atoms with Crippen molar-refractivity contribution in [1.82, 2.24) is 30.4 Å². The van der Waals surface area contributed by atoms with Crippen LogP contribution in [0.1, 0.15) is 45.4 Å². The third-order valence-corrected chi connectivity index (χ3v) is 9.18. The van der Waals surface area contributed by atoms with Crippen molar-refractivity contribution in [2.45, 2.75) is 62.3 Å². The van der Waals surface area contributed by atoms with Crippen LogP contribution in [0.3, 0.4) is 0 Å². The summed E-state index contributed by atoms with van der Waals surface area (Å²) in [7, 11) is 0. The van der Waals surface area contributed by atoms with E-state index in [0.29, 0.717) is 17.9 Å². The highest BCUT2D eigenvalue weighted by atomic mass is 32.1. The van der Waals surface area contributed by atoms with Crippen LogP contribution in [-0.4, -0.2) is 48.4 Å². The number of halogens is 1. The molecule has 0 radical (unpaired) electrons. The van der Waals surface area contributed by atoms with Gasteiger partial charge in [-0.25, -0.2) is 9.37 Å². The monoisotopic (exact) mass is 517 g/mol. The fraction of sp³-hybridized carbons (Fsp3) is 0.407. The molecule has 3 unspecified atom stereocenters. The number of hydrogen-bond donors (Lipinski definition) is 3. The Kier molecular flexibility index (Phi) is 4.90. The first-order valence-electron chi connectivity index (χ1n) is 12.6. The molecule has 190 valence electrons. The van der Waals surface area contributed by atoms with Crippen LogP contribution < -0.4 is 10.6 Å². The molecule has 4 aliphatic carbocycles. The van der Waals surface area contributed by atoms with Crippen molar-refractivity contribution >= 4 is 23.2 Å². The first-order valence-corrected chi connectivity index (χ1v) is 13.5. The molecule has 8 rings (SSSR count). The Bertz CT molecular complexity index is 1440. The Hall–Kier alpha value is -3.21. The highest BCUT2D eigenvalue weighted by Crippen LogP contribution is 2.68. The van der Waals surface area contributed by atoms with Crippen molar-refractivity contribution in [3.63, 3.8) is 0 Å². The van der Waals surface area contributed by atoms with Crippen molar-refractivity contribution < 1.29 is 9.50 Å². The lowest BCUT2D eigenvalue weighted by Crippen LogP contribution is -2.78. The molecule has 0 aromatic carbocycles. The van der Waals surface area contributed by atoms with Gasteiger partial charge in [0.1, 0.15) is 23.4 Å². The molecular formula is C27H28FN7OS. The summed E-state index contributed by atoms with van der Waals surface area (Å²) in [4.78, 5) is 8.91. The van der Waals surface area contributed by atoms with Crippen LogP contribution in [0.15, 0.2) is 70.2 Å². The predicted octanol–water partition coefficient (Wildman–Crippen LogP) is 3.99. The number of rotatable bonds is 6. The number of aliphatic hydroxyl groups is 1. The molecule has 2 aromatic heterocycles. The maximum atomic E-state index is 15.3. The van der Waals surface area contributed by atoms with Gasteiger partial charge in [0.05, 0.1) is 11.4 Å². The zero-order chi connectivity index (χ0) is 25.4. The molecule has 3 N–H and O–H groups in total. The first-order chi connectivity index (χ1) is 17.8. The van der Waals surface area contributed by atoms with Gasteiger partial charge in [0.25, 0.3) is 0 Å².